The molecule has 2 rings (SSSR count). The van der Waals surface area contributed by atoms with Crippen molar-refractivity contribution in [2.45, 2.75) is 25.1 Å². The number of nitro groups is 1. The predicted octanol–water partition coefficient (Wildman–Crippen LogP) is 1.30. The molecule has 0 spiro atoms. The lowest BCUT2D eigenvalue weighted by Gasteiger charge is -2.37. The van der Waals surface area contributed by atoms with E-state index >= 15 is 0 Å². The van der Waals surface area contributed by atoms with E-state index in [1.54, 1.807) is 0 Å². The molecule has 2 atom stereocenters. The van der Waals surface area contributed by atoms with E-state index in [-0.39, 0.29) is 17.5 Å². The molecule has 0 bridgehead atoms. The topological polar surface area (TPSA) is 98.2 Å². The van der Waals surface area contributed by atoms with Gasteiger partial charge in [0.25, 0.3) is 0 Å². The van der Waals surface area contributed by atoms with E-state index in [9.17, 15) is 10.1 Å². The third kappa shape index (κ3) is 2.33. The molecule has 1 aromatic rings. The van der Waals surface area contributed by atoms with Crippen LogP contribution in [-0.2, 0) is 0 Å². The van der Waals surface area contributed by atoms with E-state index < -0.39 is 4.92 Å². The lowest BCUT2D eigenvalue weighted by Crippen LogP contribution is -2.45. The smallest absolute Gasteiger partial charge is 0.329 e. The standard InChI is InChI=1S/C10H15N5O2S/c1-6-7(2)18-4-3-14(6)10-12-5-8(15(16)17)9(11)13-10/h5-7H,3-4H2,1-2H3,(H2,11,12,13). The Balaban J connectivity index is 2.28. The fraction of sp³-hybridized carbons (Fsp3) is 0.600. The monoisotopic (exact) mass is 269 g/mol. The highest BCUT2D eigenvalue weighted by atomic mass is 32.2. The van der Waals surface area contributed by atoms with Crippen LogP contribution in [0.1, 0.15) is 13.8 Å². The first-order valence-electron chi connectivity index (χ1n) is 5.66. The summed E-state index contributed by atoms with van der Waals surface area (Å²) in [7, 11) is 0. The number of anilines is 2. The van der Waals surface area contributed by atoms with Crippen LogP contribution in [0, 0.1) is 10.1 Å². The molecule has 0 saturated carbocycles. The van der Waals surface area contributed by atoms with Gasteiger partial charge in [-0.05, 0) is 6.92 Å². The number of nitrogens with two attached hydrogens (primary N) is 1. The number of aromatic nitrogens is 2. The molecule has 1 aliphatic rings. The summed E-state index contributed by atoms with van der Waals surface area (Å²) < 4.78 is 0. The highest BCUT2D eigenvalue weighted by Gasteiger charge is 2.28. The van der Waals surface area contributed by atoms with Crippen molar-refractivity contribution in [2.24, 2.45) is 0 Å². The molecular weight excluding hydrogens is 254 g/mol. The second-order valence-electron chi connectivity index (χ2n) is 4.21. The first kappa shape index (κ1) is 12.9. The van der Waals surface area contributed by atoms with Crippen LogP contribution in [0.4, 0.5) is 17.5 Å². The zero-order chi connectivity index (χ0) is 13.3. The number of rotatable bonds is 2. The van der Waals surface area contributed by atoms with Crippen LogP contribution >= 0.6 is 11.8 Å². The van der Waals surface area contributed by atoms with E-state index in [1.807, 2.05) is 16.7 Å². The van der Waals surface area contributed by atoms with E-state index in [4.69, 9.17) is 5.73 Å². The second-order valence-corrected chi connectivity index (χ2v) is 5.69. The van der Waals surface area contributed by atoms with Gasteiger partial charge in [-0.1, -0.05) is 6.92 Å². The van der Waals surface area contributed by atoms with Crippen LogP contribution in [0.15, 0.2) is 6.20 Å². The Morgan fingerprint density at radius 2 is 2.33 bits per heavy atom. The van der Waals surface area contributed by atoms with E-state index in [2.05, 4.69) is 23.8 Å². The van der Waals surface area contributed by atoms with Crippen LogP contribution in [0.2, 0.25) is 0 Å². The molecule has 1 aliphatic heterocycles. The van der Waals surface area contributed by atoms with Gasteiger partial charge in [0.1, 0.15) is 6.20 Å². The summed E-state index contributed by atoms with van der Waals surface area (Å²) in [6, 6.07) is 0.282. The Labute approximate surface area is 109 Å². The summed E-state index contributed by atoms with van der Waals surface area (Å²) in [6.07, 6.45) is 1.18. The molecule has 2 N–H and O–H groups in total. The molecule has 18 heavy (non-hydrogen) atoms. The molecule has 1 fully saturated rings. The number of hydrogen-bond donors (Lipinski definition) is 1. The largest absolute Gasteiger partial charge is 0.378 e. The van der Waals surface area contributed by atoms with Crippen molar-refractivity contribution in [3.05, 3.63) is 16.3 Å². The fourth-order valence-corrected chi connectivity index (χ4v) is 2.97. The van der Waals surface area contributed by atoms with Crippen molar-refractivity contribution in [1.82, 2.24) is 9.97 Å². The SMILES string of the molecule is CC1SCCN(c2ncc([N+](=O)[O-])c(N)n2)C1C. The van der Waals surface area contributed by atoms with Crippen molar-refractivity contribution in [3.8, 4) is 0 Å². The maximum atomic E-state index is 10.7. The molecule has 0 aromatic carbocycles. The van der Waals surface area contributed by atoms with Gasteiger partial charge in [-0.25, -0.2) is 4.98 Å². The van der Waals surface area contributed by atoms with Crippen LogP contribution in [0.25, 0.3) is 0 Å². The van der Waals surface area contributed by atoms with Crippen molar-refractivity contribution in [1.29, 1.82) is 0 Å². The molecule has 1 aromatic heterocycles. The minimum Gasteiger partial charge on any atom is -0.378 e. The quantitative estimate of drug-likeness (QED) is 0.638. The predicted molar refractivity (Wildman–Crippen MR) is 71.8 cm³/mol. The summed E-state index contributed by atoms with van der Waals surface area (Å²) in [5, 5.41) is 11.1. The summed E-state index contributed by atoms with van der Waals surface area (Å²) in [6.45, 7) is 5.07. The summed E-state index contributed by atoms with van der Waals surface area (Å²) in [4.78, 5) is 20.2. The van der Waals surface area contributed by atoms with Crippen LogP contribution in [0.3, 0.4) is 0 Å². The van der Waals surface area contributed by atoms with Gasteiger partial charge in [-0.3, -0.25) is 10.1 Å². The van der Waals surface area contributed by atoms with Gasteiger partial charge in [-0.2, -0.15) is 16.7 Å². The highest BCUT2D eigenvalue weighted by molar-refractivity contribution is 8.00. The summed E-state index contributed by atoms with van der Waals surface area (Å²) in [5.74, 6) is 1.38. The maximum absolute atomic E-state index is 10.7. The van der Waals surface area contributed by atoms with E-state index in [0.29, 0.717) is 11.2 Å². The molecule has 1 saturated heterocycles. The van der Waals surface area contributed by atoms with Gasteiger partial charge < -0.3 is 10.6 Å². The summed E-state index contributed by atoms with van der Waals surface area (Å²) >= 11 is 1.90. The molecule has 0 radical (unpaired) electrons. The number of hydrogen-bond acceptors (Lipinski definition) is 7. The van der Waals surface area contributed by atoms with Gasteiger partial charge in [0.2, 0.25) is 11.8 Å². The van der Waals surface area contributed by atoms with Gasteiger partial charge in [0.15, 0.2) is 0 Å². The minimum absolute atomic E-state index is 0.0805. The minimum atomic E-state index is -0.572. The maximum Gasteiger partial charge on any atom is 0.329 e. The molecule has 98 valence electrons. The number of thioether (sulfide) groups is 1. The third-order valence-electron chi connectivity index (χ3n) is 3.12. The molecular formula is C10H15N5O2S. The van der Waals surface area contributed by atoms with Gasteiger partial charge >= 0.3 is 5.69 Å². The average Bonchev–Trinajstić information content (AvgIpc) is 2.32. The zero-order valence-corrected chi connectivity index (χ0v) is 11.1. The molecule has 7 nitrogen and oxygen atoms in total. The van der Waals surface area contributed by atoms with Crippen molar-refractivity contribution in [2.75, 3.05) is 22.9 Å². The Morgan fingerprint density at radius 1 is 1.61 bits per heavy atom. The zero-order valence-electron chi connectivity index (χ0n) is 10.2. The van der Waals surface area contributed by atoms with Gasteiger partial charge in [-0.15, -0.1) is 0 Å². The van der Waals surface area contributed by atoms with Crippen LogP contribution in [0.5, 0.6) is 0 Å². The Morgan fingerprint density at radius 3 is 2.94 bits per heavy atom. The average molecular weight is 269 g/mol. The Hall–Kier alpha value is -1.57. The highest BCUT2D eigenvalue weighted by Crippen LogP contribution is 2.28. The Bertz CT molecular complexity index is 470. The van der Waals surface area contributed by atoms with Gasteiger partial charge in [0, 0.05) is 23.6 Å². The van der Waals surface area contributed by atoms with Crippen LogP contribution in [-0.4, -0.2) is 38.5 Å². The van der Waals surface area contributed by atoms with Crippen molar-refractivity contribution >= 4 is 29.2 Å². The normalized spacial score (nSPS) is 24.0. The molecule has 0 amide bonds. The first-order valence-corrected chi connectivity index (χ1v) is 6.70. The van der Waals surface area contributed by atoms with Crippen molar-refractivity contribution < 1.29 is 4.92 Å². The lowest BCUT2D eigenvalue weighted by atomic mass is 10.2. The third-order valence-corrected chi connectivity index (χ3v) is 4.46. The second kappa shape index (κ2) is 4.97. The number of nitrogens with zero attached hydrogens (tertiary/aromatic N) is 4. The van der Waals surface area contributed by atoms with E-state index in [1.165, 1.54) is 6.20 Å². The summed E-state index contributed by atoms with van der Waals surface area (Å²) in [5.41, 5.74) is 5.34. The molecule has 2 heterocycles. The van der Waals surface area contributed by atoms with Crippen LogP contribution < -0.4 is 10.6 Å². The first-order chi connectivity index (χ1) is 8.50. The van der Waals surface area contributed by atoms with Crippen molar-refractivity contribution in [3.63, 3.8) is 0 Å². The lowest BCUT2D eigenvalue weighted by molar-refractivity contribution is -0.384. The van der Waals surface area contributed by atoms with E-state index in [0.717, 1.165) is 12.3 Å². The molecule has 2 unspecified atom stereocenters. The van der Waals surface area contributed by atoms with Gasteiger partial charge in [0.05, 0.1) is 4.92 Å². The fourth-order valence-electron chi connectivity index (χ4n) is 1.87. The Kier molecular flexibility index (Phi) is 3.55. The molecule has 8 heteroatoms. The molecule has 0 aliphatic carbocycles. The number of nitrogen functional groups attached to an aromatic ring is 1.